The number of aromatic nitrogens is 2. The van der Waals surface area contributed by atoms with Crippen molar-refractivity contribution in [2.24, 2.45) is 0 Å². The second kappa shape index (κ2) is 12.5. The van der Waals surface area contributed by atoms with Crippen LogP contribution in [0.25, 0.3) is 0 Å². The first-order chi connectivity index (χ1) is 15.1. The summed E-state index contributed by atoms with van der Waals surface area (Å²) in [4.78, 5) is 16.8. The smallest absolute Gasteiger partial charge is 0.225 e. The van der Waals surface area contributed by atoms with Gasteiger partial charge in [0.2, 0.25) is 5.95 Å². The molecule has 0 aliphatic carbocycles. The summed E-state index contributed by atoms with van der Waals surface area (Å²) in [6, 6.07) is 3.89. The van der Waals surface area contributed by atoms with Crippen LogP contribution in [0.15, 0.2) is 18.3 Å². The monoisotopic (exact) mass is 499 g/mol. The van der Waals surface area contributed by atoms with Crippen LogP contribution in [0.4, 0.5) is 5.95 Å². The van der Waals surface area contributed by atoms with E-state index in [1.165, 1.54) is 11.3 Å². The molecule has 0 radical (unpaired) electrons. The van der Waals surface area contributed by atoms with E-state index in [2.05, 4.69) is 21.6 Å². The summed E-state index contributed by atoms with van der Waals surface area (Å²) < 4.78 is 16.5. The zero-order chi connectivity index (χ0) is 21.8. The summed E-state index contributed by atoms with van der Waals surface area (Å²) >= 11 is 0. The molecule has 0 amide bonds. The molecule has 2 aromatic rings. The highest BCUT2D eigenvalue weighted by molar-refractivity contribution is 5.85. The van der Waals surface area contributed by atoms with Crippen LogP contribution in [0.5, 0.6) is 17.2 Å². The minimum absolute atomic E-state index is 0. The lowest BCUT2D eigenvalue weighted by atomic mass is 10.1. The van der Waals surface area contributed by atoms with Gasteiger partial charge in [-0.2, -0.15) is 0 Å². The average molecular weight is 500 g/mol. The van der Waals surface area contributed by atoms with E-state index >= 15 is 0 Å². The maximum absolute atomic E-state index is 5.60. The molecule has 1 saturated heterocycles. The van der Waals surface area contributed by atoms with Gasteiger partial charge in [-0.1, -0.05) is 6.92 Å². The predicted octanol–water partition coefficient (Wildman–Crippen LogP) is 3.05. The van der Waals surface area contributed by atoms with Gasteiger partial charge in [0.1, 0.15) is 5.75 Å². The quantitative estimate of drug-likeness (QED) is 0.575. The topological polar surface area (TPSA) is 63.2 Å². The van der Waals surface area contributed by atoms with Gasteiger partial charge in [-0.25, -0.2) is 9.97 Å². The number of hydrogen-bond acceptors (Lipinski definition) is 8. The number of fused-ring (bicyclic) bond motifs is 1. The Morgan fingerprint density at radius 3 is 2.15 bits per heavy atom. The average Bonchev–Trinajstić information content (AvgIpc) is 2.83. The largest absolute Gasteiger partial charge is 0.496 e. The van der Waals surface area contributed by atoms with Crippen molar-refractivity contribution in [3.8, 4) is 17.2 Å². The molecular weight excluding hydrogens is 465 g/mol. The number of halogens is 2. The first kappa shape index (κ1) is 27.2. The Labute approximate surface area is 209 Å². The van der Waals surface area contributed by atoms with Gasteiger partial charge in [0.25, 0.3) is 0 Å². The van der Waals surface area contributed by atoms with E-state index in [9.17, 15) is 0 Å². The lowest BCUT2D eigenvalue weighted by molar-refractivity contribution is 0.238. The normalized spacial score (nSPS) is 16.3. The number of benzene rings is 1. The molecule has 2 aliphatic heterocycles. The van der Waals surface area contributed by atoms with Gasteiger partial charge in [0.15, 0.2) is 11.5 Å². The molecule has 10 heteroatoms. The predicted molar refractivity (Wildman–Crippen MR) is 135 cm³/mol. The van der Waals surface area contributed by atoms with Gasteiger partial charge < -0.3 is 24.0 Å². The molecule has 0 unspecified atom stereocenters. The lowest BCUT2D eigenvalue weighted by Crippen LogP contribution is -2.47. The van der Waals surface area contributed by atoms with E-state index < -0.39 is 0 Å². The molecule has 4 rings (SSSR count). The fraction of sp³-hybridized carbons (Fsp3) is 0.565. The number of anilines is 1. The Balaban J connectivity index is 0.00000193. The van der Waals surface area contributed by atoms with Gasteiger partial charge in [0.05, 0.1) is 27.0 Å². The zero-order valence-corrected chi connectivity index (χ0v) is 21.5. The third-order valence-corrected chi connectivity index (χ3v) is 6.28. The van der Waals surface area contributed by atoms with Crippen molar-refractivity contribution in [3.05, 3.63) is 35.2 Å². The van der Waals surface area contributed by atoms with Crippen molar-refractivity contribution in [2.45, 2.75) is 26.4 Å². The third kappa shape index (κ3) is 6.12. The van der Waals surface area contributed by atoms with Gasteiger partial charge in [0, 0.05) is 75.6 Å². The number of nitrogens with zero attached hydrogens (tertiary/aromatic N) is 5. The first-order valence-corrected chi connectivity index (χ1v) is 11.0. The molecule has 8 nitrogen and oxygen atoms in total. The zero-order valence-electron chi connectivity index (χ0n) is 19.9. The molecule has 2 aliphatic rings. The van der Waals surface area contributed by atoms with Crippen molar-refractivity contribution in [2.75, 3.05) is 65.5 Å². The Kier molecular flexibility index (Phi) is 10.3. The van der Waals surface area contributed by atoms with Crippen LogP contribution in [0.2, 0.25) is 0 Å². The summed E-state index contributed by atoms with van der Waals surface area (Å²) in [5, 5.41) is 0. The van der Waals surface area contributed by atoms with E-state index in [1.807, 2.05) is 18.3 Å². The van der Waals surface area contributed by atoms with E-state index in [0.29, 0.717) is 11.5 Å². The lowest BCUT2D eigenvalue weighted by Gasteiger charge is -2.35. The summed E-state index contributed by atoms with van der Waals surface area (Å²) in [7, 11) is 4.98. The van der Waals surface area contributed by atoms with Gasteiger partial charge in [-0.05, 0) is 12.6 Å². The summed E-state index contributed by atoms with van der Waals surface area (Å²) in [6.07, 6.45) is 2.94. The highest BCUT2D eigenvalue weighted by Crippen LogP contribution is 2.35. The molecular formula is C23H35Cl2N5O3. The molecule has 0 bridgehead atoms. The number of piperazine rings is 1. The van der Waals surface area contributed by atoms with Gasteiger partial charge in [-0.15, -0.1) is 24.8 Å². The van der Waals surface area contributed by atoms with Crippen LogP contribution in [0.1, 0.15) is 23.7 Å². The Morgan fingerprint density at radius 1 is 0.848 bits per heavy atom. The molecule has 3 heterocycles. The minimum Gasteiger partial charge on any atom is -0.496 e. The number of likely N-dealkylation sites (N-methyl/N-ethyl adjacent to an activating group) is 1. The third-order valence-electron chi connectivity index (χ3n) is 6.28. The number of methoxy groups -OCH3 is 3. The van der Waals surface area contributed by atoms with Crippen LogP contribution in [-0.2, 0) is 19.5 Å². The van der Waals surface area contributed by atoms with Gasteiger partial charge >= 0.3 is 0 Å². The molecule has 184 valence electrons. The Hall–Kier alpha value is -2.00. The Bertz CT molecular complexity index is 910. The highest BCUT2D eigenvalue weighted by atomic mass is 35.5. The molecule has 1 fully saturated rings. The van der Waals surface area contributed by atoms with Crippen LogP contribution < -0.4 is 19.1 Å². The molecule has 0 atom stereocenters. The van der Waals surface area contributed by atoms with Crippen molar-refractivity contribution in [1.29, 1.82) is 0 Å². The van der Waals surface area contributed by atoms with Crippen molar-refractivity contribution in [3.63, 3.8) is 0 Å². The van der Waals surface area contributed by atoms with Crippen LogP contribution in [-0.4, -0.2) is 80.4 Å². The van der Waals surface area contributed by atoms with E-state index in [-0.39, 0.29) is 24.8 Å². The highest BCUT2D eigenvalue weighted by Gasteiger charge is 2.23. The van der Waals surface area contributed by atoms with Crippen LogP contribution >= 0.6 is 24.8 Å². The first-order valence-electron chi connectivity index (χ1n) is 11.0. The molecule has 33 heavy (non-hydrogen) atoms. The number of ether oxygens (including phenoxy) is 3. The summed E-state index contributed by atoms with van der Waals surface area (Å²) in [5.74, 6) is 3.07. The van der Waals surface area contributed by atoms with E-state index in [0.717, 1.165) is 76.0 Å². The fourth-order valence-electron chi connectivity index (χ4n) is 4.37. The molecule has 0 saturated carbocycles. The van der Waals surface area contributed by atoms with Crippen LogP contribution in [0.3, 0.4) is 0 Å². The molecule has 1 aromatic carbocycles. The second-order valence-electron chi connectivity index (χ2n) is 8.04. The number of rotatable bonds is 7. The van der Waals surface area contributed by atoms with Crippen molar-refractivity contribution in [1.82, 2.24) is 19.8 Å². The minimum atomic E-state index is 0. The molecule has 0 spiro atoms. The molecule has 1 aromatic heterocycles. The fourth-order valence-corrected chi connectivity index (χ4v) is 4.37. The maximum atomic E-state index is 5.60. The van der Waals surface area contributed by atoms with Crippen molar-refractivity contribution >= 4 is 30.8 Å². The summed E-state index contributed by atoms with van der Waals surface area (Å²) in [6.45, 7) is 10.0. The second-order valence-corrected chi connectivity index (χ2v) is 8.04. The van der Waals surface area contributed by atoms with Gasteiger partial charge in [-0.3, -0.25) is 4.90 Å². The van der Waals surface area contributed by atoms with Crippen LogP contribution in [0, 0.1) is 0 Å². The Morgan fingerprint density at radius 2 is 1.52 bits per heavy atom. The van der Waals surface area contributed by atoms with Crippen molar-refractivity contribution < 1.29 is 14.2 Å². The van der Waals surface area contributed by atoms with E-state index in [4.69, 9.17) is 24.2 Å². The summed E-state index contributed by atoms with van der Waals surface area (Å²) in [5.41, 5.74) is 3.47. The number of hydrogen-bond donors (Lipinski definition) is 0. The van der Waals surface area contributed by atoms with E-state index in [1.54, 1.807) is 21.3 Å². The molecule has 0 N–H and O–H groups in total. The SMILES string of the molecule is CCN1CCN(c2ncc3c(n2)CCN(Cc2cc(OC)c(OC)cc2OC)C3)CC1.Cl.Cl. The maximum Gasteiger partial charge on any atom is 0.225 e. The standard InChI is InChI=1S/C23H33N5O3.2ClH/c1-5-26-8-10-28(11-9-26)23-24-14-18-16-27(7-6-19(18)25-23)15-17-12-21(30-3)22(31-4)13-20(17)29-2;;/h12-14H,5-11,15-16H2,1-4H3;2*1H.